The number of carbonyl (C=O) groups excluding carboxylic acids is 1. The molecule has 1 aliphatic rings. The highest BCUT2D eigenvalue weighted by Gasteiger charge is 2.44. The molecule has 59 heavy (non-hydrogen) atoms. The van der Waals surface area contributed by atoms with Gasteiger partial charge in [-0.25, -0.2) is 0 Å². The van der Waals surface area contributed by atoms with E-state index in [1.807, 2.05) is 0 Å². The van der Waals surface area contributed by atoms with Gasteiger partial charge < -0.3 is 40.3 Å². The summed E-state index contributed by atoms with van der Waals surface area (Å²) in [4.78, 5) is 12.9. The molecular weight excluding hydrogens is 743 g/mol. The SMILES string of the molecule is CC/C=C\C/C=C\C/C=C\C/C=C\C/C=C\C/C=C\C/C=C\C/C=C\CCCCCCC(=O)NC(COC1OC(CO)C(O)C(O)C1O)C(O)CCCCCCCCC. The van der Waals surface area contributed by atoms with Gasteiger partial charge in [-0.05, 0) is 77.0 Å². The zero-order chi connectivity index (χ0) is 43.0. The topological polar surface area (TPSA) is 149 Å². The number of hydrogen-bond donors (Lipinski definition) is 6. The first-order chi connectivity index (χ1) is 28.8. The summed E-state index contributed by atoms with van der Waals surface area (Å²) in [5.74, 6) is -0.179. The second-order valence-electron chi connectivity index (χ2n) is 15.5. The number of rotatable bonds is 36. The van der Waals surface area contributed by atoms with Crippen LogP contribution in [0.15, 0.2) is 97.2 Å². The van der Waals surface area contributed by atoms with Gasteiger partial charge in [-0.3, -0.25) is 4.79 Å². The van der Waals surface area contributed by atoms with Gasteiger partial charge in [-0.1, -0.05) is 169 Å². The molecular formula is C50H83NO8. The number of aliphatic hydroxyl groups excluding tert-OH is 5. The minimum Gasteiger partial charge on any atom is -0.394 e. The quantitative estimate of drug-likeness (QED) is 0.0270. The Morgan fingerprint density at radius 1 is 0.593 bits per heavy atom. The average molecular weight is 826 g/mol. The van der Waals surface area contributed by atoms with E-state index in [2.05, 4.69) is 116 Å². The van der Waals surface area contributed by atoms with E-state index in [4.69, 9.17) is 9.47 Å². The smallest absolute Gasteiger partial charge is 0.220 e. The number of ether oxygens (including phenoxy) is 2. The van der Waals surface area contributed by atoms with Gasteiger partial charge in [0.15, 0.2) is 6.29 Å². The van der Waals surface area contributed by atoms with Crippen LogP contribution in [-0.4, -0.2) is 87.5 Å². The average Bonchev–Trinajstić information content (AvgIpc) is 3.23. The predicted molar refractivity (Wildman–Crippen MR) is 244 cm³/mol. The summed E-state index contributed by atoms with van der Waals surface area (Å²) in [6.07, 6.45) is 48.7. The zero-order valence-electron chi connectivity index (χ0n) is 36.7. The maximum Gasteiger partial charge on any atom is 0.220 e. The monoisotopic (exact) mass is 826 g/mol. The molecule has 1 heterocycles. The van der Waals surface area contributed by atoms with Crippen LogP contribution in [0.3, 0.4) is 0 Å². The third-order valence-corrected chi connectivity index (χ3v) is 10.2. The number of nitrogens with one attached hydrogen (secondary N) is 1. The summed E-state index contributed by atoms with van der Waals surface area (Å²) in [6.45, 7) is 3.62. The number of hydrogen-bond acceptors (Lipinski definition) is 8. The summed E-state index contributed by atoms with van der Waals surface area (Å²) in [5.41, 5.74) is 0. The van der Waals surface area contributed by atoms with Crippen LogP contribution in [0.1, 0.15) is 155 Å². The Morgan fingerprint density at radius 3 is 1.56 bits per heavy atom. The summed E-state index contributed by atoms with van der Waals surface area (Å²) in [7, 11) is 0. The van der Waals surface area contributed by atoms with Crippen molar-refractivity contribution in [3.05, 3.63) is 97.2 Å². The van der Waals surface area contributed by atoms with E-state index < -0.39 is 49.5 Å². The molecule has 0 aliphatic carbocycles. The van der Waals surface area contributed by atoms with Gasteiger partial charge in [0.05, 0.1) is 25.4 Å². The maximum atomic E-state index is 12.9. The normalized spacial score (nSPS) is 21.6. The molecule has 1 amide bonds. The Kier molecular flexibility index (Phi) is 36.0. The van der Waals surface area contributed by atoms with Crippen molar-refractivity contribution in [2.24, 2.45) is 0 Å². The van der Waals surface area contributed by atoms with Gasteiger partial charge in [0.25, 0.3) is 0 Å². The molecule has 1 saturated heterocycles. The fourth-order valence-corrected chi connectivity index (χ4v) is 6.53. The second kappa shape index (κ2) is 39.3. The largest absolute Gasteiger partial charge is 0.394 e. The van der Waals surface area contributed by atoms with Crippen molar-refractivity contribution < 1.29 is 39.8 Å². The van der Waals surface area contributed by atoms with E-state index in [1.54, 1.807) is 0 Å². The molecule has 7 atom stereocenters. The second-order valence-corrected chi connectivity index (χ2v) is 15.5. The minimum atomic E-state index is -1.56. The van der Waals surface area contributed by atoms with Crippen molar-refractivity contribution >= 4 is 5.91 Å². The summed E-state index contributed by atoms with van der Waals surface area (Å²) < 4.78 is 11.2. The minimum absolute atomic E-state index is 0.157. The van der Waals surface area contributed by atoms with Crippen LogP contribution in [0.5, 0.6) is 0 Å². The Morgan fingerprint density at radius 2 is 1.05 bits per heavy atom. The van der Waals surface area contributed by atoms with Gasteiger partial charge in [0.2, 0.25) is 5.91 Å². The van der Waals surface area contributed by atoms with Crippen molar-refractivity contribution in [3.8, 4) is 0 Å². The van der Waals surface area contributed by atoms with E-state index in [1.165, 1.54) is 25.7 Å². The lowest BCUT2D eigenvalue weighted by molar-refractivity contribution is -0.302. The molecule has 6 N–H and O–H groups in total. The molecule has 0 aromatic heterocycles. The third kappa shape index (κ3) is 29.9. The Balaban J connectivity index is 2.24. The van der Waals surface area contributed by atoms with Crippen molar-refractivity contribution in [3.63, 3.8) is 0 Å². The van der Waals surface area contributed by atoms with Gasteiger partial charge >= 0.3 is 0 Å². The van der Waals surface area contributed by atoms with Crippen molar-refractivity contribution in [1.82, 2.24) is 5.32 Å². The van der Waals surface area contributed by atoms with E-state index in [0.29, 0.717) is 12.8 Å². The lowest BCUT2D eigenvalue weighted by Crippen LogP contribution is -2.60. The van der Waals surface area contributed by atoms with Crippen LogP contribution in [0, 0.1) is 0 Å². The van der Waals surface area contributed by atoms with Crippen molar-refractivity contribution in [2.75, 3.05) is 13.2 Å². The fourth-order valence-electron chi connectivity index (χ4n) is 6.53. The molecule has 1 fully saturated rings. The molecule has 7 unspecified atom stereocenters. The highest BCUT2D eigenvalue weighted by Crippen LogP contribution is 2.23. The first-order valence-electron chi connectivity index (χ1n) is 22.9. The molecule has 0 spiro atoms. The van der Waals surface area contributed by atoms with Gasteiger partial charge in [-0.15, -0.1) is 0 Å². The fraction of sp³-hybridized carbons (Fsp3) is 0.660. The standard InChI is InChI=1S/C50H83NO8/c1-3-5-7-9-11-12-13-14-15-16-17-18-19-20-21-22-23-24-25-26-27-28-29-30-31-32-34-36-38-40-46(54)51-43(44(53)39-37-35-33-10-8-6-4-2)42-58-50-49(57)48(56)47(55)45(41-52)59-50/h5,7,11-12,14-15,17-18,20-21,23-24,26-27,29-30,43-45,47-50,52-53,55-57H,3-4,6,8-10,13,16,19,22,25,28,31-42H2,1-2H3,(H,51,54)/b7-5-,12-11-,15-14-,18-17-,21-20-,24-23-,27-26-,30-29-. The summed E-state index contributed by atoms with van der Waals surface area (Å²) in [5, 5.41) is 54.0. The predicted octanol–water partition coefficient (Wildman–Crippen LogP) is 9.72. The van der Waals surface area contributed by atoms with Gasteiger partial charge in [-0.2, -0.15) is 0 Å². The Labute approximate surface area is 358 Å². The van der Waals surface area contributed by atoms with Crippen LogP contribution >= 0.6 is 0 Å². The Bertz CT molecular complexity index is 1240. The van der Waals surface area contributed by atoms with Crippen molar-refractivity contribution in [2.45, 2.75) is 198 Å². The lowest BCUT2D eigenvalue weighted by atomic mass is 9.99. The first-order valence-corrected chi connectivity index (χ1v) is 22.9. The maximum absolute atomic E-state index is 12.9. The van der Waals surface area contributed by atoms with Crippen LogP contribution in [0.2, 0.25) is 0 Å². The molecule has 1 rings (SSSR count). The highest BCUT2D eigenvalue weighted by atomic mass is 16.7. The van der Waals surface area contributed by atoms with Crippen LogP contribution < -0.4 is 5.32 Å². The highest BCUT2D eigenvalue weighted by molar-refractivity contribution is 5.76. The molecule has 0 saturated carbocycles. The molecule has 0 aromatic rings. The number of amides is 1. The lowest BCUT2D eigenvalue weighted by Gasteiger charge is -2.40. The molecule has 336 valence electrons. The van der Waals surface area contributed by atoms with Crippen LogP contribution in [0.25, 0.3) is 0 Å². The van der Waals surface area contributed by atoms with Gasteiger partial charge in [0, 0.05) is 6.42 Å². The zero-order valence-corrected chi connectivity index (χ0v) is 36.7. The molecule has 0 radical (unpaired) electrons. The third-order valence-electron chi connectivity index (χ3n) is 10.2. The summed E-state index contributed by atoms with van der Waals surface area (Å²) >= 11 is 0. The summed E-state index contributed by atoms with van der Waals surface area (Å²) in [6, 6.07) is -0.736. The molecule has 0 bridgehead atoms. The van der Waals surface area contributed by atoms with E-state index in [0.717, 1.165) is 103 Å². The van der Waals surface area contributed by atoms with E-state index in [-0.39, 0.29) is 12.5 Å². The number of unbranched alkanes of at least 4 members (excludes halogenated alkanes) is 10. The molecule has 0 aromatic carbocycles. The van der Waals surface area contributed by atoms with Crippen molar-refractivity contribution in [1.29, 1.82) is 0 Å². The van der Waals surface area contributed by atoms with Gasteiger partial charge in [0.1, 0.15) is 24.4 Å². The van der Waals surface area contributed by atoms with E-state index >= 15 is 0 Å². The molecule has 9 nitrogen and oxygen atoms in total. The first kappa shape index (κ1) is 54.1. The Hall–Kier alpha value is -2.89. The number of aliphatic hydroxyl groups is 5. The molecule has 9 heteroatoms. The number of allylic oxidation sites excluding steroid dienone is 16. The van der Waals surface area contributed by atoms with Crippen LogP contribution in [-0.2, 0) is 14.3 Å². The van der Waals surface area contributed by atoms with Crippen LogP contribution in [0.4, 0.5) is 0 Å². The molecule has 1 aliphatic heterocycles. The van der Waals surface area contributed by atoms with E-state index in [9.17, 15) is 30.3 Å². The number of carbonyl (C=O) groups is 1.